The predicted octanol–water partition coefficient (Wildman–Crippen LogP) is 5.61. The summed E-state index contributed by atoms with van der Waals surface area (Å²) in [6.07, 6.45) is 4.25. The second-order valence-corrected chi connectivity index (χ2v) is 6.24. The van der Waals surface area contributed by atoms with Crippen molar-refractivity contribution >= 4 is 21.6 Å². The van der Waals surface area contributed by atoms with Crippen LogP contribution in [-0.2, 0) is 6.42 Å². The number of hydrogen-bond acceptors (Lipinski definition) is 1. The molecule has 0 aromatic heterocycles. The van der Waals surface area contributed by atoms with Gasteiger partial charge in [-0.05, 0) is 52.4 Å². The van der Waals surface area contributed by atoms with E-state index in [9.17, 15) is 8.78 Å². The van der Waals surface area contributed by atoms with Crippen LogP contribution in [0.15, 0.2) is 40.9 Å². The van der Waals surface area contributed by atoms with Gasteiger partial charge in [0.2, 0.25) is 0 Å². The Morgan fingerprint density at radius 1 is 1.05 bits per heavy atom. The lowest BCUT2D eigenvalue weighted by Gasteiger charge is -2.21. The smallest absolute Gasteiger partial charge is 0.149 e. The molecule has 0 radical (unpaired) electrons. The monoisotopic (exact) mass is 351 g/mol. The van der Waals surface area contributed by atoms with Gasteiger partial charge in [-0.1, -0.05) is 30.7 Å². The average Bonchev–Trinajstić information content (AvgIpc) is 2.67. The van der Waals surface area contributed by atoms with Gasteiger partial charge in [-0.3, -0.25) is 0 Å². The minimum atomic E-state index is -0.584. The maximum absolute atomic E-state index is 13.9. The first-order chi connectivity index (χ1) is 10.1. The van der Waals surface area contributed by atoms with Crippen LogP contribution >= 0.6 is 15.9 Å². The van der Waals surface area contributed by atoms with Crippen LogP contribution in [0, 0.1) is 11.6 Å². The fourth-order valence-electron chi connectivity index (χ4n) is 2.89. The quantitative estimate of drug-likeness (QED) is 0.547. The van der Waals surface area contributed by atoms with E-state index in [0.717, 1.165) is 31.7 Å². The van der Waals surface area contributed by atoms with Gasteiger partial charge < -0.3 is 5.32 Å². The number of hydrogen-bond donors (Lipinski definition) is 1. The zero-order valence-corrected chi connectivity index (χ0v) is 13.1. The molecule has 0 saturated carbocycles. The summed E-state index contributed by atoms with van der Waals surface area (Å²) < 4.78 is 27.5. The van der Waals surface area contributed by atoms with Crippen LogP contribution in [-0.4, -0.2) is 0 Å². The minimum Gasteiger partial charge on any atom is -0.376 e. The molecule has 1 atom stereocenters. The Morgan fingerprint density at radius 3 is 2.71 bits per heavy atom. The van der Waals surface area contributed by atoms with Crippen LogP contribution in [0.5, 0.6) is 0 Å². The minimum absolute atomic E-state index is 0.0653. The molecule has 2 aromatic rings. The van der Waals surface area contributed by atoms with Gasteiger partial charge in [-0.15, -0.1) is 0 Å². The lowest BCUT2D eigenvalue weighted by atomic mass is 9.99. The van der Waals surface area contributed by atoms with Crippen molar-refractivity contribution in [2.45, 2.75) is 31.7 Å². The lowest BCUT2D eigenvalue weighted by Crippen LogP contribution is -2.12. The predicted molar refractivity (Wildman–Crippen MR) is 84.4 cm³/mol. The molecule has 0 saturated heterocycles. The maximum atomic E-state index is 13.9. The molecule has 1 unspecified atom stereocenters. The van der Waals surface area contributed by atoms with E-state index < -0.39 is 11.6 Å². The molecule has 0 heterocycles. The van der Waals surface area contributed by atoms with Crippen molar-refractivity contribution in [2.75, 3.05) is 5.32 Å². The molecule has 2 aromatic carbocycles. The molecule has 0 aliphatic heterocycles. The molecule has 3 rings (SSSR count). The van der Waals surface area contributed by atoms with Gasteiger partial charge in [0.25, 0.3) is 0 Å². The third-order valence-electron chi connectivity index (χ3n) is 3.96. The van der Waals surface area contributed by atoms with E-state index in [-0.39, 0.29) is 10.5 Å². The standard InChI is InChI=1S/C17H16BrF2N/c18-13-9-17(15(20)10-14(13)19)21-16-8-4-2-6-11-5-1-3-7-12(11)16/h1,3,5,7,9-10,16,21H,2,4,6,8H2. The van der Waals surface area contributed by atoms with Crippen molar-refractivity contribution in [1.82, 2.24) is 0 Å². The highest BCUT2D eigenvalue weighted by Gasteiger charge is 2.19. The van der Waals surface area contributed by atoms with E-state index in [2.05, 4.69) is 33.4 Å². The highest BCUT2D eigenvalue weighted by molar-refractivity contribution is 9.10. The van der Waals surface area contributed by atoms with Crippen molar-refractivity contribution in [3.05, 3.63) is 63.6 Å². The van der Waals surface area contributed by atoms with Crippen molar-refractivity contribution in [3.8, 4) is 0 Å². The van der Waals surface area contributed by atoms with Gasteiger partial charge in [-0.2, -0.15) is 0 Å². The Morgan fingerprint density at radius 2 is 1.86 bits per heavy atom. The Hall–Kier alpha value is -1.42. The average molecular weight is 352 g/mol. The molecule has 0 fully saturated rings. The highest BCUT2D eigenvalue weighted by atomic mass is 79.9. The van der Waals surface area contributed by atoms with Crippen molar-refractivity contribution in [3.63, 3.8) is 0 Å². The molecular weight excluding hydrogens is 336 g/mol. The summed E-state index contributed by atoms with van der Waals surface area (Å²) in [5.41, 5.74) is 2.87. The number of nitrogens with one attached hydrogen (secondary N) is 1. The summed E-state index contributed by atoms with van der Waals surface area (Å²) in [5.74, 6) is -1.14. The second-order valence-electron chi connectivity index (χ2n) is 5.39. The Labute approximate surface area is 131 Å². The number of halogens is 3. The first kappa shape index (κ1) is 14.5. The fourth-order valence-corrected chi connectivity index (χ4v) is 3.24. The van der Waals surface area contributed by atoms with E-state index in [1.54, 1.807) is 0 Å². The molecule has 0 bridgehead atoms. The van der Waals surface area contributed by atoms with Crippen LogP contribution in [0.2, 0.25) is 0 Å². The molecule has 4 heteroatoms. The van der Waals surface area contributed by atoms with Crippen molar-refractivity contribution in [2.24, 2.45) is 0 Å². The van der Waals surface area contributed by atoms with Gasteiger partial charge >= 0.3 is 0 Å². The van der Waals surface area contributed by atoms with Crippen LogP contribution in [0.25, 0.3) is 0 Å². The first-order valence-corrected chi connectivity index (χ1v) is 7.93. The van der Waals surface area contributed by atoms with E-state index in [0.29, 0.717) is 5.69 Å². The topological polar surface area (TPSA) is 12.0 Å². The first-order valence-electron chi connectivity index (χ1n) is 7.14. The SMILES string of the molecule is Fc1cc(F)c(NC2CCCCc3ccccc32)cc1Br. The molecule has 1 aliphatic rings. The molecule has 21 heavy (non-hydrogen) atoms. The fraction of sp³-hybridized carbons (Fsp3) is 0.294. The Balaban J connectivity index is 1.93. The summed E-state index contributed by atoms with van der Waals surface area (Å²) in [7, 11) is 0. The van der Waals surface area contributed by atoms with Crippen LogP contribution in [0.3, 0.4) is 0 Å². The summed E-state index contributed by atoms with van der Waals surface area (Å²) in [4.78, 5) is 0. The molecule has 0 spiro atoms. The van der Waals surface area contributed by atoms with Gasteiger partial charge in [-0.25, -0.2) is 8.78 Å². The third-order valence-corrected chi connectivity index (χ3v) is 4.57. The van der Waals surface area contributed by atoms with Gasteiger partial charge in [0.1, 0.15) is 11.6 Å². The van der Waals surface area contributed by atoms with Crippen LogP contribution < -0.4 is 5.32 Å². The molecule has 1 nitrogen and oxygen atoms in total. The lowest BCUT2D eigenvalue weighted by molar-refractivity contribution is 0.575. The van der Waals surface area contributed by atoms with Crippen LogP contribution in [0.1, 0.15) is 36.4 Å². The zero-order chi connectivity index (χ0) is 14.8. The Bertz CT molecular complexity index is 657. The molecule has 1 N–H and O–H groups in total. The summed E-state index contributed by atoms with van der Waals surface area (Å²) in [6.45, 7) is 0. The van der Waals surface area contributed by atoms with Gasteiger partial charge in [0.05, 0.1) is 16.2 Å². The van der Waals surface area contributed by atoms with Crippen LogP contribution in [0.4, 0.5) is 14.5 Å². The third kappa shape index (κ3) is 3.10. The molecule has 0 amide bonds. The zero-order valence-electron chi connectivity index (χ0n) is 11.5. The van der Waals surface area contributed by atoms with E-state index in [1.807, 2.05) is 12.1 Å². The van der Waals surface area contributed by atoms with Gasteiger partial charge in [0.15, 0.2) is 0 Å². The van der Waals surface area contributed by atoms with Crippen molar-refractivity contribution < 1.29 is 8.78 Å². The number of anilines is 1. The normalized spacial score (nSPS) is 18.0. The number of fused-ring (bicyclic) bond motifs is 1. The molecule has 1 aliphatic carbocycles. The highest BCUT2D eigenvalue weighted by Crippen LogP contribution is 2.33. The maximum Gasteiger partial charge on any atom is 0.149 e. The van der Waals surface area contributed by atoms with Gasteiger partial charge in [0, 0.05) is 6.07 Å². The number of benzene rings is 2. The summed E-state index contributed by atoms with van der Waals surface area (Å²) >= 11 is 3.11. The summed E-state index contributed by atoms with van der Waals surface area (Å²) in [6, 6.07) is 10.7. The van der Waals surface area contributed by atoms with E-state index >= 15 is 0 Å². The Kier molecular flexibility index (Phi) is 4.24. The number of aryl methyl sites for hydroxylation is 1. The molecular formula is C17H16BrF2N. The van der Waals surface area contributed by atoms with E-state index in [1.165, 1.54) is 17.2 Å². The second kappa shape index (κ2) is 6.14. The van der Waals surface area contributed by atoms with Crippen molar-refractivity contribution in [1.29, 1.82) is 0 Å². The molecule has 110 valence electrons. The van der Waals surface area contributed by atoms with E-state index in [4.69, 9.17) is 0 Å². The summed E-state index contributed by atoms with van der Waals surface area (Å²) in [5, 5.41) is 3.24. The number of rotatable bonds is 2. The largest absolute Gasteiger partial charge is 0.376 e.